The highest BCUT2D eigenvalue weighted by Gasteiger charge is 2.54. The molecule has 25 heavy (non-hydrogen) atoms. The van der Waals surface area contributed by atoms with E-state index in [2.05, 4.69) is 17.5 Å². The van der Waals surface area contributed by atoms with Gasteiger partial charge in [0.25, 0.3) is 0 Å². The molecule has 1 unspecified atom stereocenters. The molecule has 0 spiro atoms. The van der Waals surface area contributed by atoms with Gasteiger partial charge >= 0.3 is 13.1 Å². The summed E-state index contributed by atoms with van der Waals surface area (Å²) in [4.78, 5) is 12.2. The van der Waals surface area contributed by atoms with Crippen LogP contribution in [0.5, 0.6) is 0 Å². The summed E-state index contributed by atoms with van der Waals surface area (Å²) in [5, 5.41) is 3.26. The number of thiophene rings is 1. The third-order valence-electron chi connectivity index (χ3n) is 5.20. The minimum atomic E-state index is -0.479. The molecule has 0 saturated carbocycles. The Kier molecular flexibility index (Phi) is 4.97. The fourth-order valence-electron chi connectivity index (χ4n) is 3.09. The van der Waals surface area contributed by atoms with E-state index >= 15 is 0 Å². The van der Waals surface area contributed by atoms with Gasteiger partial charge in [0, 0.05) is 10.5 Å². The van der Waals surface area contributed by atoms with Gasteiger partial charge in [-0.15, -0.1) is 11.3 Å². The second kappa shape index (κ2) is 6.74. The smallest absolute Gasteiger partial charge is 0.466 e. The average molecular weight is 360 g/mol. The first kappa shape index (κ1) is 18.4. The van der Waals surface area contributed by atoms with Crippen LogP contribution in [0, 0.1) is 0 Å². The molecule has 3 rings (SSSR count). The SMILES string of the molecule is CCOC(=O)CC(B1OC(C)(C)C(C)(C)O1)c1csc2ccccc12. The molecule has 0 bridgehead atoms. The van der Waals surface area contributed by atoms with Crippen molar-refractivity contribution in [3.05, 3.63) is 35.2 Å². The zero-order valence-electron chi connectivity index (χ0n) is 15.5. The van der Waals surface area contributed by atoms with Crippen LogP contribution in [-0.4, -0.2) is 30.9 Å². The number of rotatable bonds is 5. The highest BCUT2D eigenvalue weighted by atomic mass is 32.1. The number of ether oxygens (including phenoxy) is 1. The zero-order valence-corrected chi connectivity index (χ0v) is 16.3. The van der Waals surface area contributed by atoms with Gasteiger partial charge in [0.2, 0.25) is 0 Å². The molecular weight excluding hydrogens is 335 g/mol. The van der Waals surface area contributed by atoms with Crippen molar-refractivity contribution in [1.29, 1.82) is 0 Å². The molecule has 2 aromatic rings. The molecule has 6 heteroatoms. The van der Waals surface area contributed by atoms with E-state index in [4.69, 9.17) is 14.0 Å². The number of carbonyl (C=O) groups is 1. The Morgan fingerprint density at radius 1 is 1.20 bits per heavy atom. The van der Waals surface area contributed by atoms with E-state index in [1.165, 1.54) is 4.70 Å². The summed E-state index contributed by atoms with van der Waals surface area (Å²) in [5.74, 6) is -0.422. The fraction of sp³-hybridized carbons (Fsp3) is 0.526. The van der Waals surface area contributed by atoms with E-state index in [9.17, 15) is 4.79 Å². The second-order valence-electron chi connectivity index (χ2n) is 7.43. The molecule has 1 atom stereocenters. The van der Waals surface area contributed by atoms with Crippen LogP contribution in [-0.2, 0) is 18.8 Å². The average Bonchev–Trinajstić information content (AvgIpc) is 3.04. The topological polar surface area (TPSA) is 44.8 Å². The minimum absolute atomic E-state index is 0.198. The van der Waals surface area contributed by atoms with Crippen LogP contribution in [0.2, 0.25) is 0 Å². The Morgan fingerprint density at radius 3 is 2.48 bits per heavy atom. The molecule has 1 aromatic carbocycles. The second-order valence-corrected chi connectivity index (χ2v) is 8.34. The van der Waals surface area contributed by atoms with E-state index in [-0.39, 0.29) is 18.2 Å². The normalized spacial score (nSPS) is 20.0. The number of hydrogen-bond donors (Lipinski definition) is 0. The summed E-state index contributed by atoms with van der Waals surface area (Å²) < 4.78 is 18.9. The summed E-state index contributed by atoms with van der Waals surface area (Å²) in [6.07, 6.45) is 0.241. The Bertz CT molecular complexity index is 752. The predicted molar refractivity (Wildman–Crippen MR) is 102 cm³/mol. The zero-order chi connectivity index (χ0) is 18.2. The lowest BCUT2D eigenvalue weighted by atomic mass is 9.66. The van der Waals surface area contributed by atoms with Crippen molar-refractivity contribution < 1.29 is 18.8 Å². The molecule has 134 valence electrons. The van der Waals surface area contributed by atoms with E-state index in [1.807, 2.05) is 46.8 Å². The molecule has 1 fully saturated rings. The van der Waals surface area contributed by atoms with E-state index in [0.717, 1.165) is 10.9 Å². The number of hydrogen-bond acceptors (Lipinski definition) is 5. The lowest BCUT2D eigenvalue weighted by molar-refractivity contribution is -0.143. The molecule has 0 N–H and O–H groups in total. The van der Waals surface area contributed by atoms with Crippen LogP contribution in [0.25, 0.3) is 10.1 Å². The highest BCUT2D eigenvalue weighted by Crippen LogP contribution is 2.44. The van der Waals surface area contributed by atoms with Crippen LogP contribution in [0.1, 0.15) is 52.4 Å². The quantitative estimate of drug-likeness (QED) is 0.579. The monoisotopic (exact) mass is 360 g/mol. The maximum atomic E-state index is 12.2. The van der Waals surface area contributed by atoms with Gasteiger partial charge in [0.1, 0.15) is 0 Å². The maximum Gasteiger partial charge on any atom is 0.466 e. The molecule has 0 aliphatic carbocycles. The molecule has 1 aliphatic heterocycles. The third-order valence-corrected chi connectivity index (χ3v) is 6.18. The first-order valence-corrected chi connectivity index (χ1v) is 9.60. The van der Waals surface area contributed by atoms with Gasteiger partial charge in [0.15, 0.2) is 0 Å². The van der Waals surface area contributed by atoms with Crippen molar-refractivity contribution in [2.45, 2.75) is 58.1 Å². The van der Waals surface area contributed by atoms with E-state index in [1.54, 1.807) is 11.3 Å². The minimum Gasteiger partial charge on any atom is -0.466 e. The molecule has 2 heterocycles. The third kappa shape index (κ3) is 3.48. The number of carbonyl (C=O) groups excluding carboxylic acids is 1. The van der Waals surface area contributed by atoms with E-state index in [0.29, 0.717) is 6.61 Å². The fourth-order valence-corrected chi connectivity index (χ4v) is 4.12. The molecule has 1 aliphatic rings. The van der Waals surface area contributed by atoms with Crippen molar-refractivity contribution in [3.63, 3.8) is 0 Å². The number of benzene rings is 1. The molecule has 4 nitrogen and oxygen atoms in total. The molecular formula is C19H25BO4S. The molecule has 0 radical (unpaired) electrons. The Labute approximate surface area is 153 Å². The van der Waals surface area contributed by atoms with Crippen molar-refractivity contribution in [3.8, 4) is 0 Å². The lowest BCUT2D eigenvalue weighted by Crippen LogP contribution is -2.41. The van der Waals surface area contributed by atoms with Gasteiger partial charge in [-0.25, -0.2) is 0 Å². The van der Waals surface area contributed by atoms with Crippen molar-refractivity contribution in [2.75, 3.05) is 6.61 Å². The lowest BCUT2D eigenvalue weighted by Gasteiger charge is -2.32. The van der Waals surface area contributed by atoms with Gasteiger partial charge in [-0.3, -0.25) is 4.79 Å². The predicted octanol–water partition coefficient (Wildman–Crippen LogP) is 4.57. The summed E-state index contributed by atoms with van der Waals surface area (Å²) in [7, 11) is -0.479. The van der Waals surface area contributed by atoms with Crippen LogP contribution >= 0.6 is 11.3 Å². The summed E-state index contributed by atoms with van der Waals surface area (Å²) in [6, 6.07) is 8.22. The first-order valence-electron chi connectivity index (χ1n) is 8.72. The first-order chi connectivity index (χ1) is 11.7. The Hall–Kier alpha value is -1.37. The molecule has 0 amide bonds. The highest BCUT2D eigenvalue weighted by molar-refractivity contribution is 7.17. The van der Waals surface area contributed by atoms with Gasteiger partial charge in [-0.1, -0.05) is 18.2 Å². The van der Waals surface area contributed by atoms with Gasteiger partial charge < -0.3 is 14.0 Å². The van der Waals surface area contributed by atoms with Crippen molar-refractivity contribution in [2.24, 2.45) is 0 Å². The van der Waals surface area contributed by atoms with Crippen molar-refractivity contribution in [1.82, 2.24) is 0 Å². The Balaban J connectivity index is 1.98. The molecule has 1 saturated heterocycles. The largest absolute Gasteiger partial charge is 0.466 e. The standard InChI is InChI=1S/C19H25BO4S/c1-6-22-17(21)11-15(20-23-18(2,3)19(4,5)24-20)14-12-25-16-10-8-7-9-13(14)16/h7-10,12,15H,6,11H2,1-5H3. The maximum absolute atomic E-state index is 12.2. The van der Waals surface area contributed by atoms with Gasteiger partial charge in [-0.2, -0.15) is 0 Å². The van der Waals surface area contributed by atoms with Crippen LogP contribution in [0.3, 0.4) is 0 Å². The number of esters is 1. The van der Waals surface area contributed by atoms with Gasteiger partial charge in [-0.05, 0) is 57.0 Å². The van der Waals surface area contributed by atoms with Gasteiger partial charge in [0.05, 0.1) is 24.2 Å². The Morgan fingerprint density at radius 2 is 1.84 bits per heavy atom. The summed E-state index contributed by atoms with van der Waals surface area (Å²) in [5.41, 5.74) is 0.222. The van der Waals surface area contributed by atoms with Crippen molar-refractivity contribution >= 4 is 34.5 Å². The molecule has 1 aromatic heterocycles. The summed E-state index contributed by atoms with van der Waals surface area (Å²) in [6.45, 7) is 10.3. The van der Waals surface area contributed by atoms with E-state index < -0.39 is 18.3 Å². The van der Waals surface area contributed by atoms with Crippen LogP contribution < -0.4 is 0 Å². The summed E-state index contributed by atoms with van der Waals surface area (Å²) >= 11 is 1.68. The van der Waals surface area contributed by atoms with Crippen LogP contribution in [0.15, 0.2) is 29.6 Å². The van der Waals surface area contributed by atoms with Crippen LogP contribution in [0.4, 0.5) is 0 Å². The number of fused-ring (bicyclic) bond motifs is 1.